The van der Waals surface area contributed by atoms with Crippen LogP contribution >= 0.6 is 0 Å². The third-order valence-electron chi connectivity index (χ3n) is 6.59. The summed E-state index contributed by atoms with van der Waals surface area (Å²) in [5, 5.41) is 0. The van der Waals surface area contributed by atoms with Gasteiger partial charge in [-0.3, -0.25) is 0 Å². The zero-order valence-corrected chi connectivity index (χ0v) is 16.2. The van der Waals surface area contributed by atoms with Crippen LogP contribution in [0.1, 0.15) is 57.6 Å². The molecule has 0 fully saturated rings. The van der Waals surface area contributed by atoms with Gasteiger partial charge >= 0.3 is 0 Å². The fraction of sp³-hybridized carbons (Fsp3) is 0.440. The Balaban J connectivity index is 1.79. The molecule has 0 saturated carbocycles. The van der Waals surface area contributed by atoms with Crippen molar-refractivity contribution in [3.05, 3.63) is 83.4 Å². The first-order valence-electron chi connectivity index (χ1n) is 9.75. The Morgan fingerprint density at radius 1 is 0.960 bits per heavy atom. The van der Waals surface area contributed by atoms with E-state index in [9.17, 15) is 0 Å². The van der Waals surface area contributed by atoms with Crippen LogP contribution in [-0.4, -0.2) is 0 Å². The van der Waals surface area contributed by atoms with Gasteiger partial charge in [-0.1, -0.05) is 93.1 Å². The number of rotatable bonds is 5. The molecule has 0 N–H and O–H groups in total. The van der Waals surface area contributed by atoms with Crippen molar-refractivity contribution in [2.75, 3.05) is 0 Å². The lowest BCUT2D eigenvalue weighted by Gasteiger charge is -2.47. The van der Waals surface area contributed by atoms with E-state index in [1.54, 1.807) is 5.57 Å². The highest BCUT2D eigenvalue weighted by Crippen LogP contribution is 2.52. The fourth-order valence-corrected chi connectivity index (χ4v) is 5.00. The molecular weight excluding hydrogens is 300 g/mol. The lowest BCUT2D eigenvalue weighted by Crippen LogP contribution is -2.39. The van der Waals surface area contributed by atoms with E-state index in [1.165, 1.54) is 30.4 Å². The van der Waals surface area contributed by atoms with Crippen LogP contribution in [0.2, 0.25) is 0 Å². The largest absolute Gasteiger partial charge is 0.0850 e. The molecule has 3 atom stereocenters. The number of allylic oxidation sites excluding steroid dienone is 2. The monoisotopic (exact) mass is 332 g/mol. The van der Waals surface area contributed by atoms with Gasteiger partial charge in [0.25, 0.3) is 0 Å². The number of benzene rings is 2. The van der Waals surface area contributed by atoms with Crippen LogP contribution in [0.4, 0.5) is 0 Å². The van der Waals surface area contributed by atoms with Gasteiger partial charge in [-0.2, -0.15) is 0 Å². The van der Waals surface area contributed by atoms with Crippen molar-refractivity contribution in [2.45, 2.75) is 52.9 Å². The first kappa shape index (κ1) is 18.0. The molecule has 0 heterocycles. The van der Waals surface area contributed by atoms with Crippen molar-refractivity contribution < 1.29 is 0 Å². The van der Waals surface area contributed by atoms with Gasteiger partial charge in [-0.15, -0.1) is 0 Å². The predicted molar refractivity (Wildman–Crippen MR) is 109 cm³/mol. The summed E-state index contributed by atoms with van der Waals surface area (Å²) in [4.78, 5) is 0. The molecule has 0 nitrogen and oxygen atoms in total. The summed E-state index contributed by atoms with van der Waals surface area (Å²) < 4.78 is 0. The molecule has 0 bridgehead atoms. The smallest absolute Gasteiger partial charge is 0.0148 e. The second-order valence-electron chi connectivity index (χ2n) is 8.39. The van der Waals surface area contributed by atoms with E-state index in [0.717, 1.165) is 0 Å². The Bertz CT molecular complexity index is 693. The Hall–Kier alpha value is -1.82. The average Bonchev–Trinajstić information content (AvgIpc) is 2.62. The van der Waals surface area contributed by atoms with Gasteiger partial charge in [-0.25, -0.2) is 0 Å². The fourth-order valence-electron chi connectivity index (χ4n) is 5.00. The Kier molecular flexibility index (Phi) is 5.47. The van der Waals surface area contributed by atoms with E-state index in [1.807, 2.05) is 0 Å². The van der Waals surface area contributed by atoms with Gasteiger partial charge < -0.3 is 0 Å². The van der Waals surface area contributed by atoms with E-state index >= 15 is 0 Å². The van der Waals surface area contributed by atoms with Crippen molar-refractivity contribution in [3.8, 4) is 0 Å². The maximum absolute atomic E-state index is 2.52. The molecule has 1 aliphatic rings. The van der Waals surface area contributed by atoms with Crippen LogP contribution in [0.3, 0.4) is 0 Å². The molecule has 0 radical (unpaired) electrons. The van der Waals surface area contributed by atoms with E-state index in [0.29, 0.717) is 23.2 Å². The zero-order valence-electron chi connectivity index (χ0n) is 16.2. The lowest BCUT2D eigenvalue weighted by atomic mass is 9.57. The molecule has 132 valence electrons. The first-order chi connectivity index (χ1) is 12.0. The van der Waals surface area contributed by atoms with Crippen LogP contribution in [-0.2, 0) is 6.42 Å². The summed E-state index contributed by atoms with van der Waals surface area (Å²) in [7, 11) is 0. The SMILES string of the molecule is CC1=CC[C@H]([C@H](C)c2ccccc2)C(C)(C)C1CCc1ccccc1. The topological polar surface area (TPSA) is 0 Å². The average molecular weight is 333 g/mol. The van der Waals surface area contributed by atoms with Crippen LogP contribution in [0.25, 0.3) is 0 Å². The number of hydrogen-bond donors (Lipinski definition) is 0. The van der Waals surface area contributed by atoms with E-state index in [-0.39, 0.29) is 0 Å². The summed E-state index contributed by atoms with van der Waals surface area (Å²) in [5.74, 6) is 1.96. The van der Waals surface area contributed by atoms with Crippen molar-refractivity contribution in [3.63, 3.8) is 0 Å². The molecule has 1 unspecified atom stereocenters. The quantitative estimate of drug-likeness (QED) is 0.515. The van der Waals surface area contributed by atoms with Crippen molar-refractivity contribution in [1.82, 2.24) is 0 Å². The van der Waals surface area contributed by atoms with Gasteiger partial charge in [0.15, 0.2) is 0 Å². The molecule has 1 aliphatic carbocycles. The summed E-state index contributed by atoms with van der Waals surface area (Å²) in [6.45, 7) is 9.78. The number of hydrogen-bond acceptors (Lipinski definition) is 0. The molecule has 2 aromatic carbocycles. The van der Waals surface area contributed by atoms with E-state index in [2.05, 4.69) is 94.4 Å². The van der Waals surface area contributed by atoms with Crippen LogP contribution in [0.15, 0.2) is 72.3 Å². The van der Waals surface area contributed by atoms with Gasteiger partial charge in [0, 0.05) is 0 Å². The third-order valence-corrected chi connectivity index (χ3v) is 6.59. The van der Waals surface area contributed by atoms with Gasteiger partial charge in [0.2, 0.25) is 0 Å². The second kappa shape index (κ2) is 7.60. The Labute approximate surface area is 154 Å². The highest BCUT2D eigenvalue weighted by molar-refractivity contribution is 5.24. The molecule has 0 aliphatic heterocycles. The Morgan fingerprint density at radius 2 is 1.56 bits per heavy atom. The van der Waals surface area contributed by atoms with Crippen LogP contribution in [0.5, 0.6) is 0 Å². The molecule has 0 spiro atoms. The van der Waals surface area contributed by atoms with Gasteiger partial charge in [0.1, 0.15) is 0 Å². The molecule has 3 rings (SSSR count). The van der Waals surface area contributed by atoms with Crippen LogP contribution < -0.4 is 0 Å². The maximum atomic E-state index is 2.52. The third kappa shape index (κ3) is 3.89. The molecule has 25 heavy (non-hydrogen) atoms. The maximum Gasteiger partial charge on any atom is -0.0148 e. The zero-order chi connectivity index (χ0) is 17.9. The highest BCUT2D eigenvalue weighted by atomic mass is 14.5. The van der Waals surface area contributed by atoms with Gasteiger partial charge in [0.05, 0.1) is 0 Å². The summed E-state index contributed by atoms with van der Waals surface area (Å²) in [5.41, 5.74) is 4.86. The minimum absolute atomic E-state index is 0.322. The summed E-state index contributed by atoms with van der Waals surface area (Å²) in [6.07, 6.45) is 6.14. The Morgan fingerprint density at radius 3 is 2.20 bits per heavy atom. The molecule has 0 heteroatoms. The van der Waals surface area contributed by atoms with Crippen molar-refractivity contribution in [1.29, 1.82) is 0 Å². The van der Waals surface area contributed by atoms with Crippen molar-refractivity contribution in [2.24, 2.45) is 17.3 Å². The normalized spacial score (nSPS) is 23.8. The number of aryl methyl sites for hydroxylation is 1. The minimum Gasteiger partial charge on any atom is -0.0850 e. The molecular formula is C25H32. The molecule has 2 aromatic rings. The van der Waals surface area contributed by atoms with E-state index in [4.69, 9.17) is 0 Å². The minimum atomic E-state index is 0.322. The van der Waals surface area contributed by atoms with Crippen molar-refractivity contribution >= 4 is 0 Å². The van der Waals surface area contributed by atoms with E-state index < -0.39 is 0 Å². The predicted octanol–water partition coefficient (Wildman–Crippen LogP) is 7.03. The molecule has 0 saturated heterocycles. The van der Waals surface area contributed by atoms with Crippen LogP contribution in [0, 0.1) is 17.3 Å². The lowest BCUT2D eigenvalue weighted by molar-refractivity contribution is 0.0995. The first-order valence-corrected chi connectivity index (χ1v) is 9.75. The summed E-state index contributed by atoms with van der Waals surface area (Å²) in [6, 6.07) is 22.0. The second-order valence-corrected chi connectivity index (χ2v) is 8.39. The molecule has 0 amide bonds. The molecule has 0 aromatic heterocycles. The van der Waals surface area contributed by atoms with Gasteiger partial charge in [-0.05, 0) is 60.5 Å². The summed E-state index contributed by atoms with van der Waals surface area (Å²) >= 11 is 0. The standard InChI is InChI=1S/C25H32/c1-19-15-17-24(20(2)22-13-9-6-10-14-22)25(3,4)23(19)18-16-21-11-7-5-8-12-21/h5-15,20,23-24H,16-18H2,1-4H3/t20-,23?,24-/m1/s1. The highest BCUT2D eigenvalue weighted by Gasteiger charge is 2.42.